The van der Waals surface area contributed by atoms with Crippen molar-refractivity contribution in [2.45, 2.75) is 42.4 Å². The second kappa shape index (κ2) is 9.57. The average Bonchev–Trinajstić information content (AvgIpc) is 3.23. The number of benzene rings is 1. The average molecular weight is 418 g/mol. The number of aromatic nitrogens is 3. The molecule has 2 aromatic heterocycles. The smallest absolute Gasteiger partial charge is 0.175 e. The Bertz CT molecular complexity index is 903. The highest BCUT2D eigenvalue weighted by Crippen LogP contribution is 2.29. The number of hydrogen-bond donors (Lipinski definition) is 0. The molecule has 0 fully saturated rings. The summed E-state index contributed by atoms with van der Waals surface area (Å²) in [6.45, 7) is 7.09. The predicted molar refractivity (Wildman–Crippen MR) is 115 cm³/mol. The lowest BCUT2D eigenvalue weighted by molar-refractivity contribution is 0.102. The molecule has 0 spiro atoms. The molecule has 0 bridgehead atoms. The van der Waals surface area contributed by atoms with Gasteiger partial charge in [-0.2, -0.15) is 0 Å². The van der Waals surface area contributed by atoms with E-state index in [1.54, 1.807) is 23.1 Å². The van der Waals surface area contributed by atoms with Gasteiger partial charge in [-0.15, -0.1) is 10.2 Å². The van der Waals surface area contributed by atoms with Gasteiger partial charge < -0.3 is 4.57 Å². The van der Waals surface area contributed by atoms with Gasteiger partial charge in [0, 0.05) is 23.5 Å². The molecule has 0 N–H and O–H groups in total. The minimum atomic E-state index is 0.152. The quantitative estimate of drug-likeness (QED) is 0.350. The van der Waals surface area contributed by atoms with Gasteiger partial charge in [0.15, 0.2) is 14.5 Å². The molecule has 0 unspecified atom stereocenters. The van der Waals surface area contributed by atoms with Gasteiger partial charge in [0.1, 0.15) is 0 Å². The number of carbonyl (C=O) groups excluding carboxylic acids is 1. The van der Waals surface area contributed by atoms with Crippen LogP contribution < -0.4 is 0 Å². The molecule has 0 atom stereocenters. The van der Waals surface area contributed by atoms with E-state index in [4.69, 9.17) is 0 Å². The largest absolute Gasteiger partial charge is 0.348 e. The van der Waals surface area contributed by atoms with Crippen LogP contribution in [0.4, 0.5) is 0 Å². The second-order valence-corrected chi connectivity index (χ2v) is 9.86. The molecule has 142 valence electrons. The fraction of sp³-hybridized carbons (Fsp3) is 0.350. The summed E-state index contributed by atoms with van der Waals surface area (Å²) in [6.07, 6.45) is 0.961. The number of Topliss-reactive ketones (excluding diaryl/α,β-unsaturated/α-hetero) is 1. The molecule has 0 amide bonds. The number of nitrogens with zero attached hydrogens (tertiary/aromatic N) is 3. The zero-order chi connectivity index (χ0) is 19.2. The third kappa shape index (κ3) is 5.24. The summed E-state index contributed by atoms with van der Waals surface area (Å²) in [5.74, 6) is 1.53. The van der Waals surface area contributed by atoms with Gasteiger partial charge in [0.2, 0.25) is 0 Å². The summed E-state index contributed by atoms with van der Waals surface area (Å²) in [5.41, 5.74) is 4.31. The SMILES string of the molecule is CCSc1nnc(SCC(=O)c2cc(C)n(CCc3ccccc3)c2C)s1. The van der Waals surface area contributed by atoms with E-state index in [0.29, 0.717) is 5.75 Å². The van der Waals surface area contributed by atoms with Gasteiger partial charge >= 0.3 is 0 Å². The van der Waals surface area contributed by atoms with Gasteiger partial charge in [-0.3, -0.25) is 4.79 Å². The van der Waals surface area contributed by atoms with E-state index in [-0.39, 0.29) is 5.78 Å². The molecule has 0 saturated carbocycles. The molecule has 0 aliphatic heterocycles. The van der Waals surface area contributed by atoms with Crippen molar-refractivity contribution < 1.29 is 4.79 Å². The first-order chi connectivity index (χ1) is 13.1. The molecular formula is C20H23N3OS3. The Morgan fingerprint density at radius 3 is 2.52 bits per heavy atom. The summed E-state index contributed by atoms with van der Waals surface area (Å²) in [7, 11) is 0. The Morgan fingerprint density at radius 1 is 1.11 bits per heavy atom. The van der Waals surface area contributed by atoms with E-state index in [1.807, 2.05) is 19.1 Å². The number of carbonyl (C=O) groups is 1. The fourth-order valence-electron chi connectivity index (χ4n) is 2.96. The first kappa shape index (κ1) is 20.2. The van der Waals surface area contributed by atoms with Crippen LogP contribution in [-0.2, 0) is 13.0 Å². The van der Waals surface area contributed by atoms with Crippen molar-refractivity contribution in [3.05, 3.63) is 58.9 Å². The van der Waals surface area contributed by atoms with Gasteiger partial charge in [-0.25, -0.2) is 0 Å². The summed E-state index contributed by atoms with van der Waals surface area (Å²) in [4.78, 5) is 12.7. The number of thioether (sulfide) groups is 2. The molecule has 0 radical (unpaired) electrons. The molecule has 4 nitrogen and oxygen atoms in total. The van der Waals surface area contributed by atoms with E-state index in [9.17, 15) is 4.79 Å². The summed E-state index contributed by atoms with van der Waals surface area (Å²) in [5, 5.41) is 8.30. The Kier molecular flexibility index (Phi) is 7.15. The Morgan fingerprint density at radius 2 is 1.81 bits per heavy atom. The van der Waals surface area contributed by atoms with Crippen molar-refractivity contribution >= 4 is 40.6 Å². The number of rotatable bonds is 9. The highest BCUT2D eigenvalue weighted by molar-refractivity contribution is 8.03. The van der Waals surface area contributed by atoms with Crippen molar-refractivity contribution in [2.24, 2.45) is 0 Å². The molecule has 2 heterocycles. The molecular weight excluding hydrogens is 394 g/mol. The lowest BCUT2D eigenvalue weighted by Crippen LogP contribution is -2.08. The third-order valence-electron chi connectivity index (χ3n) is 4.32. The van der Waals surface area contributed by atoms with Crippen LogP contribution in [-0.4, -0.2) is 32.1 Å². The van der Waals surface area contributed by atoms with E-state index in [1.165, 1.54) is 17.3 Å². The standard InChI is InChI=1S/C20H23N3OS3/c1-4-25-19-21-22-20(27-19)26-13-18(24)17-12-14(2)23(15(17)3)11-10-16-8-6-5-7-9-16/h5-9,12H,4,10-11,13H2,1-3H3. The van der Waals surface area contributed by atoms with Gasteiger partial charge in [0.25, 0.3) is 0 Å². The minimum Gasteiger partial charge on any atom is -0.348 e. The van der Waals surface area contributed by atoms with Crippen molar-refractivity contribution in [1.82, 2.24) is 14.8 Å². The Labute approximate surface area is 172 Å². The van der Waals surface area contributed by atoms with Crippen molar-refractivity contribution in [3.8, 4) is 0 Å². The van der Waals surface area contributed by atoms with Crippen LogP contribution in [0.3, 0.4) is 0 Å². The molecule has 27 heavy (non-hydrogen) atoms. The summed E-state index contributed by atoms with van der Waals surface area (Å²) < 4.78 is 4.06. The zero-order valence-electron chi connectivity index (χ0n) is 15.8. The lowest BCUT2D eigenvalue weighted by atomic mass is 10.1. The molecule has 7 heteroatoms. The van der Waals surface area contributed by atoms with Crippen LogP contribution in [0.25, 0.3) is 0 Å². The normalized spacial score (nSPS) is 11.1. The van der Waals surface area contributed by atoms with Crippen LogP contribution >= 0.6 is 34.9 Å². The first-order valence-corrected chi connectivity index (χ1v) is 11.7. The predicted octanol–water partition coefficient (Wildman–Crippen LogP) is 5.29. The number of aryl methyl sites for hydroxylation is 2. The topological polar surface area (TPSA) is 47.8 Å². The van der Waals surface area contributed by atoms with Crippen LogP contribution in [0, 0.1) is 13.8 Å². The summed E-state index contributed by atoms with van der Waals surface area (Å²) >= 11 is 4.72. The highest BCUT2D eigenvalue weighted by atomic mass is 32.2. The molecule has 1 aromatic carbocycles. The van der Waals surface area contributed by atoms with Crippen molar-refractivity contribution in [2.75, 3.05) is 11.5 Å². The third-order valence-corrected chi connectivity index (χ3v) is 7.40. The number of ketones is 1. The lowest BCUT2D eigenvalue weighted by Gasteiger charge is -2.10. The van der Waals surface area contributed by atoms with Crippen LogP contribution in [0.1, 0.15) is 34.2 Å². The Balaban J connectivity index is 1.62. The van der Waals surface area contributed by atoms with E-state index < -0.39 is 0 Å². The van der Waals surface area contributed by atoms with Crippen LogP contribution in [0.15, 0.2) is 45.1 Å². The second-order valence-electron chi connectivity index (χ2n) is 6.15. The van der Waals surface area contributed by atoms with E-state index in [0.717, 1.165) is 44.3 Å². The van der Waals surface area contributed by atoms with Gasteiger partial charge in [-0.05, 0) is 37.7 Å². The molecule has 0 saturated heterocycles. The zero-order valence-corrected chi connectivity index (χ0v) is 18.2. The molecule has 0 aliphatic rings. The van der Waals surface area contributed by atoms with Gasteiger partial charge in [0.05, 0.1) is 5.75 Å². The van der Waals surface area contributed by atoms with Crippen LogP contribution in [0.2, 0.25) is 0 Å². The maximum atomic E-state index is 12.7. The van der Waals surface area contributed by atoms with E-state index in [2.05, 4.69) is 52.9 Å². The van der Waals surface area contributed by atoms with Crippen molar-refractivity contribution in [3.63, 3.8) is 0 Å². The van der Waals surface area contributed by atoms with Crippen molar-refractivity contribution in [1.29, 1.82) is 0 Å². The van der Waals surface area contributed by atoms with Crippen LogP contribution in [0.5, 0.6) is 0 Å². The molecule has 0 aliphatic carbocycles. The fourth-order valence-corrected chi connectivity index (χ4v) is 5.76. The summed E-state index contributed by atoms with van der Waals surface area (Å²) in [6, 6.07) is 12.5. The Hall–Kier alpha value is -1.57. The maximum absolute atomic E-state index is 12.7. The van der Waals surface area contributed by atoms with E-state index >= 15 is 0 Å². The highest BCUT2D eigenvalue weighted by Gasteiger charge is 2.17. The monoisotopic (exact) mass is 417 g/mol. The number of hydrogen-bond acceptors (Lipinski definition) is 6. The molecule has 3 aromatic rings. The maximum Gasteiger partial charge on any atom is 0.175 e. The van der Waals surface area contributed by atoms with Gasteiger partial charge in [-0.1, -0.05) is 72.1 Å². The minimum absolute atomic E-state index is 0.152. The first-order valence-electron chi connectivity index (χ1n) is 8.91. The molecule has 3 rings (SSSR count).